The van der Waals surface area contributed by atoms with Crippen molar-refractivity contribution < 1.29 is 8.78 Å². The van der Waals surface area contributed by atoms with Crippen LogP contribution in [0.25, 0.3) is 0 Å². The standard InChI is InChI=1S/C12H10F2N2S/c13-9-1-3-11(14)8(5-9)7-17-10-2-4-12(15)16-6-10/h1-6H,7H2,(H2,15,16). The molecule has 1 aromatic heterocycles. The van der Waals surface area contributed by atoms with Gasteiger partial charge in [0, 0.05) is 22.4 Å². The van der Waals surface area contributed by atoms with E-state index < -0.39 is 11.6 Å². The van der Waals surface area contributed by atoms with E-state index in [9.17, 15) is 8.78 Å². The minimum atomic E-state index is -0.433. The minimum Gasteiger partial charge on any atom is -0.384 e. The van der Waals surface area contributed by atoms with E-state index >= 15 is 0 Å². The normalized spacial score (nSPS) is 10.5. The molecule has 0 saturated heterocycles. The van der Waals surface area contributed by atoms with E-state index in [0.29, 0.717) is 17.1 Å². The summed E-state index contributed by atoms with van der Waals surface area (Å²) in [6.45, 7) is 0. The lowest BCUT2D eigenvalue weighted by atomic mass is 10.2. The van der Waals surface area contributed by atoms with Crippen LogP contribution in [0.3, 0.4) is 0 Å². The van der Waals surface area contributed by atoms with E-state index in [0.717, 1.165) is 17.0 Å². The summed E-state index contributed by atoms with van der Waals surface area (Å²) in [5.74, 6) is -0.0409. The fourth-order valence-corrected chi connectivity index (χ4v) is 2.13. The summed E-state index contributed by atoms with van der Waals surface area (Å²) in [5, 5.41) is 0. The number of aromatic nitrogens is 1. The minimum absolute atomic E-state index is 0.340. The number of anilines is 1. The Bertz CT molecular complexity index is 514. The van der Waals surface area contributed by atoms with Gasteiger partial charge in [-0.15, -0.1) is 11.8 Å². The number of nitrogen functional groups attached to an aromatic ring is 1. The highest BCUT2D eigenvalue weighted by molar-refractivity contribution is 7.98. The number of nitrogens with zero attached hydrogens (tertiary/aromatic N) is 1. The third-order valence-electron chi connectivity index (χ3n) is 2.16. The molecule has 0 saturated carbocycles. The van der Waals surface area contributed by atoms with Crippen molar-refractivity contribution in [2.45, 2.75) is 10.6 Å². The first kappa shape index (κ1) is 11.9. The van der Waals surface area contributed by atoms with E-state index in [2.05, 4.69) is 4.98 Å². The molecule has 0 radical (unpaired) electrons. The molecule has 2 rings (SSSR count). The molecule has 5 heteroatoms. The van der Waals surface area contributed by atoms with Crippen molar-refractivity contribution in [1.82, 2.24) is 4.98 Å². The third-order valence-corrected chi connectivity index (χ3v) is 3.19. The molecule has 0 amide bonds. The van der Waals surface area contributed by atoms with E-state index in [1.165, 1.54) is 17.8 Å². The summed E-state index contributed by atoms with van der Waals surface area (Å²) >= 11 is 1.38. The van der Waals surface area contributed by atoms with Gasteiger partial charge in [-0.05, 0) is 30.3 Å². The van der Waals surface area contributed by atoms with Crippen molar-refractivity contribution >= 4 is 17.6 Å². The molecule has 1 aromatic carbocycles. The lowest BCUT2D eigenvalue weighted by molar-refractivity contribution is 0.591. The summed E-state index contributed by atoms with van der Waals surface area (Å²) < 4.78 is 26.2. The number of halogens is 2. The highest BCUT2D eigenvalue weighted by Crippen LogP contribution is 2.24. The SMILES string of the molecule is Nc1ccc(SCc2cc(F)ccc2F)cn1. The van der Waals surface area contributed by atoms with E-state index in [1.54, 1.807) is 18.3 Å². The Morgan fingerprint density at radius 2 is 2.00 bits per heavy atom. The first-order valence-corrected chi connectivity index (χ1v) is 5.92. The maximum Gasteiger partial charge on any atom is 0.127 e. The fourth-order valence-electron chi connectivity index (χ4n) is 1.29. The van der Waals surface area contributed by atoms with E-state index in [4.69, 9.17) is 5.73 Å². The second-order valence-electron chi connectivity index (χ2n) is 3.44. The van der Waals surface area contributed by atoms with Gasteiger partial charge in [-0.25, -0.2) is 13.8 Å². The molecule has 0 spiro atoms. The average molecular weight is 252 g/mol. The predicted molar refractivity (Wildman–Crippen MR) is 64.6 cm³/mol. The van der Waals surface area contributed by atoms with Gasteiger partial charge < -0.3 is 5.73 Å². The number of benzene rings is 1. The van der Waals surface area contributed by atoms with Crippen LogP contribution in [-0.2, 0) is 5.75 Å². The van der Waals surface area contributed by atoms with Gasteiger partial charge in [-0.3, -0.25) is 0 Å². The van der Waals surface area contributed by atoms with Crippen LogP contribution in [0.2, 0.25) is 0 Å². The van der Waals surface area contributed by atoms with Crippen LogP contribution in [0.1, 0.15) is 5.56 Å². The molecule has 0 aliphatic carbocycles. The topological polar surface area (TPSA) is 38.9 Å². The van der Waals surface area contributed by atoms with Gasteiger partial charge in [-0.1, -0.05) is 0 Å². The lowest BCUT2D eigenvalue weighted by Gasteiger charge is -2.03. The number of hydrogen-bond acceptors (Lipinski definition) is 3. The Morgan fingerprint density at radius 1 is 1.18 bits per heavy atom. The largest absolute Gasteiger partial charge is 0.384 e. The molecule has 0 unspecified atom stereocenters. The predicted octanol–water partition coefficient (Wildman–Crippen LogP) is 3.23. The molecule has 17 heavy (non-hydrogen) atoms. The van der Waals surface area contributed by atoms with Gasteiger partial charge in [0.2, 0.25) is 0 Å². The fraction of sp³-hybridized carbons (Fsp3) is 0.0833. The zero-order valence-corrected chi connectivity index (χ0v) is 9.68. The van der Waals surface area contributed by atoms with Gasteiger partial charge in [0.05, 0.1) is 0 Å². The first-order valence-electron chi connectivity index (χ1n) is 4.93. The second-order valence-corrected chi connectivity index (χ2v) is 4.49. The van der Waals surface area contributed by atoms with Gasteiger partial charge in [-0.2, -0.15) is 0 Å². The number of nitrogens with two attached hydrogens (primary N) is 1. The van der Waals surface area contributed by atoms with Crippen LogP contribution in [0.15, 0.2) is 41.4 Å². The highest BCUT2D eigenvalue weighted by atomic mass is 32.2. The van der Waals surface area contributed by atoms with Crippen molar-refractivity contribution in [1.29, 1.82) is 0 Å². The van der Waals surface area contributed by atoms with Crippen molar-refractivity contribution in [3.05, 3.63) is 53.7 Å². The quantitative estimate of drug-likeness (QED) is 0.852. The molecule has 0 aliphatic rings. The van der Waals surface area contributed by atoms with E-state index in [1.807, 2.05) is 0 Å². The second kappa shape index (κ2) is 5.14. The van der Waals surface area contributed by atoms with Crippen molar-refractivity contribution in [3.8, 4) is 0 Å². The van der Waals surface area contributed by atoms with Crippen molar-refractivity contribution in [3.63, 3.8) is 0 Å². The summed E-state index contributed by atoms with van der Waals surface area (Å²) in [7, 11) is 0. The number of rotatable bonds is 3. The summed E-state index contributed by atoms with van der Waals surface area (Å²) in [5.41, 5.74) is 5.79. The van der Waals surface area contributed by atoms with Gasteiger partial charge in [0.15, 0.2) is 0 Å². The number of thioether (sulfide) groups is 1. The third kappa shape index (κ3) is 3.17. The van der Waals surface area contributed by atoms with Crippen LogP contribution in [0.5, 0.6) is 0 Å². The Balaban J connectivity index is 2.07. The summed E-state index contributed by atoms with van der Waals surface area (Å²) in [6.07, 6.45) is 1.61. The van der Waals surface area contributed by atoms with Crippen LogP contribution < -0.4 is 5.73 Å². The molecule has 2 nitrogen and oxygen atoms in total. The van der Waals surface area contributed by atoms with Crippen LogP contribution >= 0.6 is 11.8 Å². The molecule has 0 aliphatic heterocycles. The average Bonchev–Trinajstić information content (AvgIpc) is 2.32. The maximum absolute atomic E-state index is 13.3. The number of hydrogen-bond donors (Lipinski definition) is 1. The van der Waals surface area contributed by atoms with Crippen LogP contribution in [0.4, 0.5) is 14.6 Å². The number of pyridine rings is 1. The molecule has 88 valence electrons. The zero-order valence-electron chi connectivity index (χ0n) is 8.86. The smallest absolute Gasteiger partial charge is 0.127 e. The molecular formula is C12H10F2N2S. The van der Waals surface area contributed by atoms with Gasteiger partial charge in [0.1, 0.15) is 17.5 Å². The Kier molecular flexibility index (Phi) is 3.58. The molecule has 2 aromatic rings. The van der Waals surface area contributed by atoms with Gasteiger partial charge >= 0.3 is 0 Å². The molecular weight excluding hydrogens is 242 g/mol. The lowest BCUT2D eigenvalue weighted by Crippen LogP contribution is -1.91. The molecule has 1 heterocycles. The Labute approximate surface area is 102 Å². The molecule has 0 atom stereocenters. The van der Waals surface area contributed by atoms with Crippen LogP contribution in [-0.4, -0.2) is 4.98 Å². The molecule has 0 fully saturated rings. The molecule has 2 N–H and O–H groups in total. The maximum atomic E-state index is 13.3. The Hall–Kier alpha value is -1.62. The zero-order chi connectivity index (χ0) is 12.3. The van der Waals surface area contributed by atoms with Crippen molar-refractivity contribution in [2.75, 3.05) is 5.73 Å². The van der Waals surface area contributed by atoms with E-state index in [-0.39, 0.29) is 0 Å². The highest BCUT2D eigenvalue weighted by Gasteiger charge is 2.04. The van der Waals surface area contributed by atoms with Crippen LogP contribution in [0, 0.1) is 11.6 Å². The first-order chi connectivity index (χ1) is 8.15. The van der Waals surface area contributed by atoms with Crippen molar-refractivity contribution in [2.24, 2.45) is 0 Å². The monoisotopic (exact) mass is 252 g/mol. The van der Waals surface area contributed by atoms with Gasteiger partial charge in [0.25, 0.3) is 0 Å². The molecule has 0 bridgehead atoms. The summed E-state index contributed by atoms with van der Waals surface area (Å²) in [4.78, 5) is 4.78. The summed E-state index contributed by atoms with van der Waals surface area (Å²) in [6, 6.07) is 6.91. The Morgan fingerprint density at radius 3 is 2.71 bits per heavy atom.